The largest absolute Gasteiger partial charge is 0.508 e. The molecule has 7 heteroatoms. The summed E-state index contributed by atoms with van der Waals surface area (Å²) >= 11 is 0. The van der Waals surface area contributed by atoms with E-state index in [1.165, 1.54) is 0 Å². The minimum Gasteiger partial charge on any atom is -0.508 e. The molecule has 3 N–H and O–H groups in total. The number of aromatic hydroxyl groups is 1. The molecule has 0 radical (unpaired) electrons. The first-order valence-corrected chi connectivity index (χ1v) is 9.62. The van der Waals surface area contributed by atoms with Crippen LogP contribution in [0.15, 0.2) is 30.3 Å². The van der Waals surface area contributed by atoms with Crippen LogP contribution in [0, 0.1) is 12.8 Å². The van der Waals surface area contributed by atoms with Crippen molar-refractivity contribution < 1.29 is 9.90 Å². The van der Waals surface area contributed by atoms with E-state index in [1.54, 1.807) is 24.3 Å². The summed E-state index contributed by atoms with van der Waals surface area (Å²) in [5.74, 6) is 0.562. The van der Waals surface area contributed by atoms with E-state index < -0.39 is 0 Å². The third kappa shape index (κ3) is 3.22. The molecule has 1 aromatic carbocycles. The Labute approximate surface area is 163 Å². The summed E-state index contributed by atoms with van der Waals surface area (Å²) in [6, 6.07) is 8.82. The van der Waals surface area contributed by atoms with Crippen LogP contribution < -0.4 is 5.32 Å². The van der Waals surface area contributed by atoms with Gasteiger partial charge in [0.15, 0.2) is 5.65 Å². The first kappa shape index (κ1) is 18.4. The number of aromatic amines is 1. The molecule has 1 fully saturated rings. The van der Waals surface area contributed by atoms with Crippen LogP contribution in [0.3, 0.4) is 0 Å². The zero-order chi connectivity index (χ0) is 19.8. The Morgan fingerprint density at radius 1 is 1.29 bits per heavy atom. The Morgan fingerprint density at radius 3 is 2.75 bits per heavy atom. The molecule has 2 aromatic heterocycles. The van der Waals surface area contributed by atoms with Crippen LogP contribution in [0.25, 0.3) is 22.3 Å². The molecule has 0 aliphatic carbocycles. The summed E-state index contributed by atoms with van der Waals surface area (Å²) in [6.07, 6.45) is 0. The molecule has 0 unspecified atom stereocenters. The van der Waals surface area contributed by atoms with Crippen molar-refractivity contribution in [1.29, 1.82) is 0 Å². The Morgan fingerprint density at radius 2 is 2.04 bits per heavy atom. The number of rotatable bonds is 3. The van der Waals surface area contributed by atoms with Crippen molar-refractivity contribution >= 4 is 16.9 Å². The Bertz CT molecular complexity index is 1010. The molecule has 4 rings (SSSR count). The van der Waals surface area contributed by atoms with Gasteiger partial charge in [-0.05, 0) is 43.2 Å². The maximum absolute atomic E-state index is 13.6. The van der Waals surface area contributed by atoms with E-state index in [0.717, 1.165) is 29.7 Å². The molecule has 0 saturated carbocycles. The number of nitrogens with zero attached hydrogens (tertiary/aromatic N) is 3. The molecule has 1 aliphatic heterocycles. The van der Waals surface area contributed by atoms with Gasteiger partial charge in [-0.1, -0.05) is 13.8 Å². The topological polar surface area (TPSA) is 94.1 Å². The van der Waals surface area contributed by atoms with E-state index in [-0.39, 0.29) is 17.7 Å². The number of aromatic nitrogens is 3. The molecular weight excluding hydrogens is 354 g/mol. The number of hydrogen-bond donors (Lipinski definition) is 3. The molecule has 146 valence electrons. The van der Waals surface area contributed by atoms with E-state index in [0.29, 0.717) is 29.4 Å². The molecular formula is C21H25N5O2. The van der Waals surface area contributed by atoms with Gasteiger partial charge in [-0.25, -0.2) is 4.98 Å². The van der Waals surface area contributed by atoms with Crippen molar-refractivity contribution in [2.75, 3.05) is 19.6 Å². The van der Waals surface area contributed by atoms with Gasteiger partial charge in [-0.2, -0.15) is 5.10 Å². The smallest absolute Gasteiger partial charge is 0.255 e. The number of hydrogen-bond acceptors (Lipinski definition) is 5. The number of piperazine rings is 1. The predicted molar refractivity (Wildman–Crippen MR) is 108 cm³/mol. The van der Waals surface area contributed by atoms with Crippen LogP contribution in [0.1, 0.15) is 29.9 Å². The van der Waals surface area contributed by atoms with Crippen molar-refractivity contribution in [1.82, 2.24) is 25.4 Å². The summed E-state index contributed by atoms with van der Waals surface area (Å²) in [5.41, 5.74) is 3.49. The maximum atomic E-state index is 13.6. The number of fused-ring (bicyclic) bond motifs is 1. The number of carbonyl (C=O) groups excluding carboxylic acids is 1. The number of carbonyl (C=O) groups is 1. The van der Waals surface area contributed by atoms with Gasteiger partial charge < -0.3 is 15.3 Å². The molecule has 1 amide bonds. The monoisotopic (exact) mass is 379 g/mol. The highest BCUT2D eigenvalue weighted by Gasteiger charge is 2.31. The lowest BCUT2D eigenvalue weighted by Gasteiger charge is -2.38. The number of phenolic OH excluding ortho intramolecular Hbond substituents is 1. The number of amides is 1. The second-order valence-corrected chi connectivity index (χ2v) is 7.65. The summed E-state index contributed by atoms with van der Waals surface area (Å²) in [7, 11) is 0. The van der Waals surface area contributed by atoms with Gasteiger partial charge in [-0.15, -0.1) is 0 Å². The fourth-order valence-corrected chi connectivity index (χ4v) is 3.86. The van der Waals surface area contributed by atoms with E-state index >= 15 is 0 Å². The molecule has 3 heterocycles. The third-order valence-electron chi connectivity index (χ3n) is 5.42. The number of nitrogens with one attached hydrogen (secondary N) is 2. The van der Waals surface area contributed by atoms with E-state index in [9.17, 15) is 9.90 Å². The van der Waals surface area contributed by atoms with E-state index in [2.05, 4.69) is 34.3 Å². The molecule has 0 bridgehead atoms. The zero-order valence-electron chi connectivity index (χ0n) is 16.4. The number of phenols is 1. The maximum Gasteiger partial charge on any atom is 0.255 e. The van der Waals surface area contributed by atoms with Crippen LogP contribution >= 0.6 is 0 Å². The van der Waals surface area contributed by atoms with Gasteiger partial charge in [0.2, 0.25) is 0 Å². The summed E-state index contributed by atoms with van der Waals surface area (Å²) in [6.45, 7) is 8.44. The molecule has 1 aliphatic rings. The highest BCUT2D eigenvalue weighted by molar-refractivity contribution is 6.07. The lowest BCUT2D eigenvalue weighted by molar-refractivity contribution is 0.0575. The predicted octanol–water partition coefficient (Wildman–Crippen LogP) is 2.71. The quantitative estimate of drug-likeness (QED) is 0.650. The second kappa shape index (κ2) is 7.24. The molecule has 1 atom stereocenters. The Hall–Kier alpha value is -2.93. The highest BCUT2D eigenvalue weighted by atomic mass is 16.3. The van der Waals surface area contributed by atoms with Crippen molar-refractivity contribution in [2.24, 2.45) is 5.92 Å². The molecule has 3 aromatic rings. The summed E-state index contributed by atoms with van der Waals surface area (Å²) in [4.78, 5) is 20.2. The number of pyridine rings is 1. The van der Waals surface area contributed by atoms with Crippen LogP contribution in [0.2, 0.25) is 0 Å². The van der Waals surface area contributed by atoms with Gasteiger partial charge in [0.25, 0.3) is 5.91 Å². The normalized spacial score (nSPS) is 17.4. The van der Waals surface area contributed by atoms with Gasteiger partial charge >= 0.3 is 0 Å². The van der Waals surface area contributed by atoms with Crippen LogP contribution in [0.4, 0.5) is 0 Å². The summed E-state index contributed by atoms with van der Waals surface area (Å²) in [5, 5.41) is 21.0. The molecule has 28 heavy (non-hydrogen) atoms. The van der Waals surface area contributed by atoms with Gasteiger partial charge in [0.1, 0.15) is 5.75 Å². The number of H-pyrrole nitrogens is 1. The fourth-order valence-electron chi connectivity index (χ4n) is 3.86. The fraction of sp³-hybridized carbons (Fsp3) is 0.381. The number of benzene rings is 1. The van der Waals surface area contributed by atoms with Gasteiger partial charge in [0, 0.05) is 31.2 Å². The number of aryl methyl sites for hydroxylation is 1. The van der Waals surface area contributed by atoms with Crippen LogP contribution in [-0.2, 0) is 0 Å². The van der Waals surface area contributed by atoms with Crippen molar-refractivity contribution in [2.45, 2.75) is 26.8 Å². The van der Waals surface area contributed by atoms with Crippen LogP contribution in [-0.4, -0.2) is 56.8 Å². The Balaban J connectivity index is 1.83. The molecule has 0 spiro atoms. The van der Waals surface area contributed by atoms with Crippen molar-refractivity contribution in [3.63, 3.8) is 0 Å². The average molecular weight is 379 g/mol. The average Bonchev–Trinajstić information content (AvgIpc) is 3.08. The third-order valence-corrected chi connectivity index (χ3v) is 5.42. The van der Waals surface area contributed by atoms with E-state index in [4.69, 9.17) is 0 Å². The van der Waals surface area contributed by atoms with Crippen LogP contribution in [0.5, 0.6) is 5.75 Å². The van der Waals surface area contributed by atoms with Gasteiger partial charge in [0.05, 0.1) is 22.3 Å². The summed E-state index contributed by atoms with van der Waals surface area (Å²) < 4.78 is 0. The Kier molecular flexibility index (Phi) is 4.77. The minimum atomic E-state index is 0.0112. The van der Waals surface area contributed by atoms with Crippen molar-refractivity contribution in [3.05, 3.63) is 41.6 Å². The highest BCUT2D eigenvalue weighted by Crippen LogP contribution is 2.29. The standard InChI is InChI=1S/C21H25N5O2/c1-12(2)18-11-22-8-9-26(18)21(28)16-10-17(14-4-6-15(27)7-5-14)23-20-19(16)13(3)24-25-20/h4-7,10,12,18,22,27H,8-9,11H2,1-3H3,(H,23,24,25)/t18-/m1/s1. The lowest BCUT2D eigenvalue weighted by atomic mass is 9.98. The molecule has 7 nitrogen and oxygen atoms in total. The lowest BCUT2D eigenvalue weighted by Crippen LogP contribution is -2.55. The SMILES string of the molecule is Cc1n[nH]c2nc(-c3ccc(O)cc3)cc(C(=O)N3CCNC[C@@H]3C(C)C)c12. The minimum absolute atomic E-state index is 0.0112. The first-order chi connectivity index (χ1) is 13.5. The zero-order valence-corrected chi connectivity index (χ0v) is 16.4. The first-order valence-electron chi connectivity index (χ1n) is 9.62. The second-order valence-electron chi connectivity index (χ2n) is 7.65. The molecule has 1 saturated heterocycles. The van der Waals surface area contributed by atoms with Gasteiger partial charge in [-0.3, -0.25) is 9.89 Å². The van der Waals surface area contributed by atoms with Crippen molar-refractivity contribution in [3.8, 4) is 17.0 Å². The van der Waals surface area contributed by atoms with E-state index in [1.807, 2.05) is 17.9 Å².